The highest BCUT2D eigenvalue weighted by Crippen LogP contribution is 2.21. The lowest BCUT2D eigenvalue weighted by atomic mass is 10.2. The molecule has 5 nitrogen and oxygen atoms in total. The summed E-state index contributed by atoms with van der Waals surface area (Å²) in [6.07, 6.45) is 0. The van der Waals surface area contributed by atoms with Crippen LogP contribution in [-0.4, -0.2) is 37.0 Å². The summed E-state index contributed by atoms with van der Waals surface area (Å²) in [5, 5.41) is 9.01. The summed E-state index contributed by atoms with van der Waals surface area (Å²) in [6, 6.07) is 3.72. The molecule has 2 N–H and O–H groups in total. The Morgan fingerprint density at radius 2 is 2.15 bits per heavy atom. The number of halogens is 1. The molecule has 0 bridgehead atoms. The predicted molar refractivity (Wildman–Crippen MR) is 83.9 cm³/mol. The molecule has 1 unspecified atom stereocenters. The van der Waals surface area contributed by atoms with Gasteiger partial charge in [-0.25, -0.2) is 17.9 Å². The van der Waals surface area contributed by atoms with Crippen molar-refractivity contribution in [1.82, 2.24) is 4.72 Å². The monoisotopic (exact) mass is 381 g/mol. The highest BCUT2D eigenvalue weighted by Gasteiger charge is 2.20. The third-order valence-corrected chi connectivity index (χ3v) is 5.83. The highest BCUT2D eigenvalue weighted by atomic mass is 79.9. The van der Waals surface area contributed by atoms with Crippen molar-refractivity contribution in [2.75, 3.05) is 11.5 Å². The van der Waals surface area contributed by atoms with E-state index >= 15 is 0 Å². The minimum atomic E-state index is -3.71. The first-order chi connectivity index (χ1) is 9.27. The molecule has 20 heavy (non-hydrogen) atoms. The lowest BCUT2D eigenvalue weighted by Gasteiger charge is -2.14. The van der Waals surface area contributed by atoms with Gasteiger partial charge < -0.3 is 5.11 Å². The van der Waals surface area contributed by atoms with E-state index in [1.165, 1.54) is 12.1 Å². The van der Waals surface area contributed by atoms with Crippen LogP contribution in [0.5, 0.6) is 0 Å². The number of carboxylic acid groups (broad SMARTS) is 1. The molecule has 1 rings (SSSR count). The molecule has 0 aliphatic rings. The molecule has 0 radical (unpaired) electrons. The zero-order chi connectivity index (χ0) is 15.3. The second-order valence-electron chi connectivity index (χ2n) is 4.13. The first-order valence-corrected chi connectivity index (χ1v) is 9.34. The Kier molecular flexibility index (Phi) is 6.50. The quantitative estimate of drug-likeness (QED) is 0.757. The van der Waals surface area contributed by atoms with Crippen LogP contribution >= 0.6 is 27.7 Å². The van der Waals surface area contributed by atoms with E-state index in [9.17, 15) is 13.2 Å². The van der Waals surface area contributed by atoms with Crippen molar-refractivity contribution in [2.24, 2.45) is 0 Å². The Bertz CT molecular complexity index is 589. The molecule has 1 aromatic rings. The number of hydrogen-bond acceptors (Lipinski definition) is 4. The van der Waals surface area contributed by atoms with Crippen molar-refractivity contribution < 1.29 is 18.3 Å². The van der Waals surface area contributed by atoms with Crippen molar-refractivity contribution in [1.29, 1.82) is 0 Å². The molecular formula is C12H16BrNO4S2. The summed E-state index contributed by atoms with van der Waals surface area (Å²) in [5.74, 6) is 0.398. The molecule has 0 fully saturated rings. The smallest absolute Gasteiger partial charge is 0.336 e. The molecule has 0 aliphatic carbocycles. The molecule has 0 amide bonds. The summed E-state index contributed by atoms with van der Waals surface area (Å²) in [5.41, 5.74) is -0.0801. The number of rotatable bonds is 7. The average molecular weight is 382 g/mol. The normalized spacial score (nSPS) is 13.2. The summed E-state index contributed by atoms with van der Waals surface area (Å²) >= 11 is 4.72. The SMILES string of the molecule is CCSCC(C)NS(=O)(=O)c1ccc(Br)c(C(=O)O)c1. The van der Waals surface area contributed by atoms with Crippen molar-refractivity contribution in [3.05, 3.63) is 28.2 Å². The number of hydrogen-bond donors (Lipinski definition) is 2. The Hall–Kier alpha value is -0.570. The Morgan fingerprint density at radius 3 is 2.70 bits per heavy atom. The van der Waals surface area contributed by atoms with Gasteiger partial charge >= 0.3 is 5.97 Å². The molecule has 0 heterocycles. The first-order valence-electron chi connectivity index (χ1n) is 5.91. The van der Waals surface area contributed by atoms with Crippen LogP contribution in [0.2, 0.25) is 0 Å². The van der Waals surface area contributed by atoms with E-state index in [2.05, 4.69) is 20.7 Å². The van der Waals surface area contributed by atoms with Crippen LogP contribution in [0.1, 0.15) is 24.2 Å². The average Bonchev–Trinajstić information content (AvgIpc) is 2.35. The minimum absolute atomic E-state index is 0.0496. The number of sulfonamides is 1. The van der Waals surface area contributed by atoms with Crippen LogP contribution in [0.25, 0.3) is 0 Å². The summed E-state index contributed by atoms with van der Waals surface area (Å²) in [7, 11) is -3.71. The van der Waals surface area contributed by atoms with Gasteiger partial charge in [-0.05, 0) is 46.8 Å². The van der Waals surface area contributed by atoms with Gasteiger partial charge in [-0.2, -0.15) is 11.8 Å². The van der Waals surface area contributed by atoms with E-state index < -0.39 is 16.0 Å². The van der Waals surface area contributed by atoms with Crippen LogP contribution in [0.3, 0.4) is 0 Å². The van der Waals surface area contributed by atoms with Gasteiger partial charge in [0.25, 0.3) is 0 Å². The fourth-order valence-corrected chi connectivity index (χ4v) is 3.96. The topological polar surface area (TPSA) is 83.5 Å². The number of aromatic carboxylic acids is 1. The minimum Gasteiger partial charge on any atom is -0.478 e. The van der Waals surface area contributed by atoms with Crippen LogP contribution in [0.15, 0.2) is 27.6 Å². The zero-order valence-corrected chi connectivity index (χ0v) is 14.3. The van der Waals surface area contributed by atoms with E-state index in [1.54, 1.807) is 18.7 Å². The Labute approximate surface area is 131 Å². The van der Waals surface area contributed by atoms with Crippen LogP contribution in [-0.2, 0) is 10.0 Å². The maximum atomic E-state index is 12.2. The van der Waals surface area contributed by atoms with Crippen molar-refractivity contribution >= 4 is 43.7 Å². The van der Waals surface area contributed by atoms with Gasteiger partial charge in [0, 0.05) is 16.3 Å². The molecule has 0 aliphatic heterocycles. The number of carbonyl (C=O) groups is 1. The van der Waals surface area contributed by atoms with Crippen LogP contribution in [0.4, 0.5) is 0 Å². The zero-order valence-electron chi connectivity index (χ0n) is 11.1. The molecule has 0 saturated carbocycles. The second-order valence-corrected chi connectivity index (χ2v) is 8.02. The Morgan fingerprint density at radius 1 is 1.50 bits per heavy atom. The molecule has 0 spiro atoms. The third-order valence-electron chi connectivity index (χ3n) is 2.41. The number of thioether (sulfide) groups is 1. The molecular weight excluding hydrogens is 366 g/mol. The predicted octanol–water partition coefficient (Wildman–Crippen LogP) is 2.57. The molecule has 0 aromatic heterocycles. The fraction of sp³-hybridized carbons (Fsp3) is 0.417. The van der Waals surface area contributed by atoms with E-state index in [1.807, 2.05) is 6.92 Å². The lowest BCUT2D eigenvalue weighted by molar-refractivity contribution is 0.0695. The third kappa shape index (κ3) is 4.76. The van der Waals surface area contributed by atoms with E-state index in [4.69, 9.17) is 5.11 Å². The number of benzene rings is 1. The largest absolute Gasteiger partial charge is 0.478 e. The standard InChI is InChI=1S/C12H16BrNO4S2/c1-3-19-7-8(2)14-20(17,18)9-4-5-11(13)10(6-9)12(15)16/h4-6,8,14H,3,7H2,1-2H3,(H,15,16). The van der Waals surface area contributed by atoms with E-state index in [-0.39, 0.29) is 16.5 Å². The number of carboxylic acids is 1. The van der Waals surface area contributed by atoms with Gasteiger partial charge in [-0.3, -0.25) is 0 Å². The van der Waals surface area contributed by atoms with Crippen molar-refractivity contribution in [2.45, 2.75) is 24.8 Å². The van der Waals surface area contributed by atoms with E-state index in [0.29, 0.717) is 10.2 Å². The molecule has 112 valence electrons. The van der Waals surface area contributed by atoms with Crippen LogP contribution in [0, 0.1) is 0 Å². The molecule has 8 heteroatoms. The fourth-order valence-electron chi connectivity index (χ4n) is 1.50. The van der Waals surface area contributed by atoms with Gasteiger partial charge in [0.05, 0.1) is 10.5 Å². The van der Waals surface area contributed by atoms with Gasteiger partial charge in [-0.15, -0.1) is 0 Å². The van der Waals surface area contributed by atoms with Crippen molar-refractivity contribution in [3.8, 4) is 0 Å². The second kappa shape index (κ2) is 7.44. The maximum absolute atomic E-state index is 12.2. The van der Waals surface area contributed by atoms with Gasteiger partial charge in [0.15, 0.2) is 0 Å². The highest BCUT2D eigenvalue weighted by molar-refractivity contribution is 9.10. The molecule has 0 saturated heterocycles. The number of nitrogens with one attached hydrogen (secondary N) is 1. The first kappa shape index (κ1) is 17.5. The van der Waals surface area contributed by atoms with E-state index in [0.717, 1.165) is 11.8 Å². The summed E-state index contributed by atoms with van der Waals surface area (Å²) in [6.45, 7) is 3.77. The lowest BCUT2D eigenvalue weighted by Crippen LogP contribution is -2.34. The van der Waals surface area contributed by atoms with Crippen LogP contribution < -0.4 is 4.72 Å². The summed E-state index contributed by atoms with van der Waals surface area (Å²) < 4.78 is 27.2. The summed E-state index contributed by atoms with van der Waals surface area (Å²) in [4.78, 5) is 11.0. The Balaban J connectivity index is 2.98. The van der Waals surface area contributed by atoms with Crippen molar-refractivity contribution in [3.63, 3.8) is 0 Å². The maximum Gasteiger partial charge on any atom is 0.336 e. The molecule has 1 aromatic carbocycles. The van der Waals surface area contributed by atoms with Gasteiger partial charge in [0.2, 0.25) is 10.0 Å². The van der Waals surface area contributed by atoms with Gasteiger partial charge in [0.1, 0.15) is 0 Å². The van der Waals surface area contributed by atoms with Gasteiger partial charge in [-0.1, -0.05) is 6.92 Å². The molecule has 1 atom stereocenters.